The van der Waals surface area contributed by atoms with E-state index in [4.69, 9.17) is 4.74 Å². The van der Waals surface area contributed by atoms with Gasteiger partial charge in [0.1, 0.15) is 11.4 Å². The second-order valence-electron chi connectivity index (χ2n) is 10.3. The van der Waals surface area contributed by atoms with Crippen LogP contribution in [0.1, 0.15) is 85.0 Å². The average molecular weight is 432 g/mol. The summed E-state index contributed by atoms with van der Waals surface area (Å²) in [4.78, 5) is 40.1. The predicted molar refractivity (Wildman–Crippen MR) is 117 cm³/mol. The fourth-order valence-electron chi connectivity index (χ4n) is 4.25. The number of carbonyl (C=O) groups excluding carboxylic acids is 3. The first-order valence-electron chi connectivity index (χ1n) is 11.4. The first-order chi connectivity index (χ1) is 14.2. The van der Waals surface area contributed by atoms with Crippen LogP contribution in [0.25, 0.3) is 0 Å². The number of aryl methyl sites for hydroxylation is 1. The third kappa shape index (κ3) is 5.51. The molecule has 1 amide bonds. The minimum atomic E-state index is -0.483. The lowest BCUT2D eigenvalue weighted by atomic mass is 9.83. The number of thiophene rings is 1. The number of amides is 1. The highest BCUT2D eigenvalue weighted by atomic mass is 32.1. The van der Waals surface area contributed by atoms with E-state index in [0.717, 1.165) is 54.7 Å². The fourth-order valence-corrected chi connectivity index (χ4v) is 5.61. The number of ether oxygens (including phenoxy) is 1. The largest absolute Gasteiger partial charge is 0.460 e. The summed E-state index contributed by atoms with van der Waals surface area (Å²) in [6, 6.07) is 0. The van der Waals surface area contributed by atoms with E-state index in [1.807, 2.05) is 20.8 Å². The molecule has 1 aromatic rings. The van der Waals surface area contributed by atoms with Gasteiger partial charge in [-0.15, -0.1) is 11.3 Å². The van der Waals surface area contributed by atoms with Crippen molar-refractivity contribution in [2.45, 2.75) is 84.2 Å². The Hall–Kier alpha value is -1.69. The van der Waals surface area contributed by atoms with Crippen molar-refractivity contribution in [1.82, 2.24) is 5.32 Å². The zero-order valence-electron chi connectivity index (χ0n) is 18.3. The molecule has 3 aliphatic carbocycles. The second kappa shape index (κ2) is 8.45. The second-order valence-corrected chi connectivity index (χ2v) is 11.5. The van der Waals surface area contributed by atoms with Gasteiger partial charge in [-0.25, -0.2) is 0 Å². The Morgan fingerprint density at radius 3 is 2.43 bits per heavy atom. The van der Waals surface area contributed by atoms with Crippen molar-refractivity contribution < 1.29 is 19.1 Å². The molecule has 1 aromatic heterocycles. The van der Waals surface area contributed by atoms with Crippen LogP contribution in [0.5, 0.6) is 0 Å². The van der Waals surface area contributed by atoms with E-state index in [2.05, 4.69) is 5.32 Å². The Kier molecular flexibility index (Phi) is 6.06. The van der Waals surface area contributed by atoms with Crippen molar-refractivity contribution in [2.24, 2.45) is 17.8 Å². The molecule has 0 aromatic carbocycles. The Labute approximate surface area is 183 Å². The van der Waals surface area contributed by atoms with Crippen LogP contribution in [0.4, 0.5) is 0 Å². The van der Waals surface area contributed by atoms with Crippen molar-refractivity contribution >= 4 is 29.0 Å². The SMILES string of the molecule is CC(C)(C)OC(=O)C[C@H]1CCc2sc(CC(=O)C3CC3)c(C(=O)NCC3CC3)c2C1. The smallest absolute Gasteiger partial charge is 0.306 e. The van der Waals surface area contributed by atoms with Crippen LogP contribution in [0.2, 0.25) is 0 Å². The number of Topliss-reactive ketones (excluding diaryl/α,β-unsaturated/α-hetero) is 1. The number of fused-ring (bicyclic) bond motifs is 1. The number of ketones is 1. The van der Waals surface area contributed by atoms with Gasteiger partial charge in [0.15, 0.2) is 0 Å². The molecule has 3 aliphatic rings. The predicted octanol–water partition coefficient (Wildman–Crippen LogP) is 4.25. The van der Waals surface area contributed by atoms with Gasteiger partial charge in [-0.3, -0.25) is 14.4 Å². The molecule has 0 aliphatic heterocycles. The lowest BCUT2D eigenvalue weighted by molar-refractivity contribution is -0.156. The van der Waals surface area contributed by atoms with Crippen LogP contribution >= 0.6 is 11.3 Å². The van der Waals surface area contributed by atoms with Crippen molar-refractivity contribution in [2.75, 3.05) is 6.54 Å². The summed E-state index contributed by atoms with van der Waals surface area (Å²) >= 11 is 1.65. The summed E-state index contributed by atoms with van der Waals surface area (Å²) in [5.41, 5.74) is 1.33. The Balaban J connectivity index is 1.51. The zero-order chi connectivity index (χ0) is 21.5. The summed E-state index contributed by atoms with van der Waals surface area (Å²) in [5.74, 6) is 1.07. The van der Waals surface area contributed by atoms with Crippen LogP contribution in [-0.2, 0) is 33.6 Å². The fraction of sp³-hybridized carbons (Fsp3) is 0.708. The first kappa shape index (κ1) is 21.5. The molecule has 30 heavy (non-hydrogen) atoms. The van der Waals surface area contributed by atoms with Crippen LogP contribution in [0.15, 0.2) is 0 Å². The molecule has 164 valence electrons. The molecule has 2 saturated carbocycles. The zero-order valence-corrected chi connectivity index (χ0v) is 19.2. The molecule has 2 fully saturated rings. The van der Waals surface area contributed by atoms with E-state index in [9.17, 15) is 14.4 Å². The summed E-state index contributed by atoms with van der Waals surface area (Å²) in [6.07, 6.45) is 7.63. The number of esters is 1. The molecule has 1 heterocycles. The lowest BCUT2D eigenvalue weighted by Crippen LogP contribution is -2.29. The van der Waals surface area contributed by atoms with Gasteiger partial charge < -0.3 is 10.1 Å². The summed E-state index contributed by atoms with van der Waals surface area (Å²) in [7, 11) is 0. The van der Waals surface area contributed by atoms with E-state index in [0.29, 0.717) is 18.8 Å². The molecular weight excluding hydrogens is 398 g/mol. The highest BCUT2D eigenvalue weighted by Gasteiger charge is 2.35. The molecule has 0 spiro atoms. The summed E-state index contributed by atoms with van der Waals surface area (Å²) in [5, 5.41) is 3.11. The first-order valence-corrected chi connectivity index (χ1v) is 12.2. The van der Waals surface area contributed by atoms with Crippen LogP contribution in [0, 0.1) is 17.8 Å². The van der Waals surface area contributed by atoms with E-state index >= 15 is 0 Å². The molecule has 0 unspecified atom stereocenters. The molecule has 0 bridgehead atoms. The van der Waals surface area contributed by atoms with Gasteiger partial charge in [-0.2, -0.15) is 0 Å². The van der Waals surface area contributed by atoms with E-state index < -0.39 is 5.60 Å². The number of nitrogens with one attached hydrogen (secondary N) is 1. The minimum Gasteiger partial charge on any atom is -0.460 e. The van der Waals surface area contributed by atoms with Gasteiger partial charge in [0.05, 0.1) is 5.56 Å². The van der Waals surface area contributed by atoms with Crippen molar-refractivity contribution in [3.8, 4) is 0 Å². The molecule has 5 nitrogen and oxygen atoms in total. The highest BCUT2D eigenvalue weighted by Crippen LogP contribution is 2.40. The standard InChI is InChI=1S/C24H33NO4S/c1-24(2,3)29-21(27)11-15-6-9-19-17(10-15)22(23(28)25-13-14-4-5-14)20(30-19)12-18(26)16-7-8-16/h14-16H,4-13H2,1-3H3,(H,25,28)/t15-/m0/s1. The van der Waals surface area contributed by atoms with Gasteiger partial charge in [0, 0.05) is 35.1 Å². The van der Waals surface area contributed by atoms with Gasteiger partial charge in [0.25, 0.3) is 5.91 Å². The molecule has 0 saturated heterocycles. The maximum Gasteiger partial charge on any atom is 0.306 e. The van der Waals surface area contributed by atoms with Crippen molar-refractivity contribution in [3.63, 3.8) is 0 Å². The molecule has 0 radical (unpaired) electrons. The van der Waals surface area contributed by atoms with Gasteiger partial charge in [0.2, 0.25) is 0 Å². The monoisotopic (exact) mass is 431 g/mol. The number of hydrogen-bond donors (Lipinski definition) is 1. The Morgan fingerprint density at radius 2 is 1.80 bits per heavy atom. The molecule has 4 rings (SSSR count). The maximum atomic E-state index is 13.1. The summed E-state index contributed by atoms with van der Waals surface area (Å²) < 4.78 is 5.51. The Bertz CT molecular complexity index is 842. The van der Waals surface area contributed by atoms with E-state index in [1.165, 1.54) is 17.7 Å². The van der Waals surface area contributed by atoms with E-state index in [1.54, 1.807) is 11.3 Å². The van der Waals surface area contributed by atoms with Crippen molar-refractivity contribution in [1.29, 1.82) is 0 Å². The number of carbonyl (C=O) groups is 3. The number of rotatable bonds is 8. The average Bonchev–Trinajstić information content (AvgIpc) is 3.55. The van der Waals surface area contributed by atoms with Crippen molar-refractivity contribution in [3.05, 3.63) is 20.9 Å². The Morgan fingerprint density at radius 1 is 1.07 bits per heavy atom. The quantitative estimate of drug-likeness (QED) is 0.625. The normalized spacial score (nSPS) is 21.1. The van der Waals surface area contributed by atoms with E-state index in [-0.39, 0.29) is 29.5 Å². The van der Waals surface area contributed by atoms with Gasteiger partial charge >= 0.3 is 5.97 Å². The summed E-state index contributed by atoms with van der Waals surface area (Å²) in [6.45, 7) is 6.37. The molecular formula is C24H33NO4S. The topological polar surface area (TPSA) is 72.5 Å². The third-order valence-corrected chi connectivity index (χ3v) is 7.45. The molecule has 1 N–H and O–H groups in total. The molecule has 6 heteroatoms. The van der Waals surface area contributed by atoms with Gasteiger partial charge in [-0.05, 0) is 83.1 Å². The lowest BCUT2D eigenvalue weighted by Gasteiger charge is -2.25. The van der Waals surface area contributed by atoms with Gasteiger partial charge in [-0.1, -0.05) is 0 Å². The third-order valence-electron chi connectivity index (χ3n) is 6.15. The highest BCUT2D eigenvalue weighted by molar-refractivity contribution is 7.12. The van der Waals surface area contributed by atoms with Crippen LogP contribution in [0.3, 0.4) is 0 Å². The van der Waals surface area contributed by atoms with Crippen LogP contribution < -0.4 is 5.32 Å². The van der Waals surface area contributed by atoms with Crippen LogP contribution in [-0.4, -0.2) is 29.8 Å². The molecule has 1 atom stereocenters. The maximum absolute atomic E-state index is 13.1. The number of hydrogen-bond acceptors (Lipinski definition) is 5. The minimum absolute atomic E-state index is 0.0316.